The van der Waals surface area contributed by atoms with E-state index in [9.17, 15) is 14.4 Å². The van der Waals surface area contributed by atoms with Crippen LogP contribution in [-0.2, 0) is 15.1 Å². The smallest absolute Gasteiger partial charge is 0.325 e. The summed E-state index contributed by atoms with van der Waals surface area (Å²) >= 11 is 0. The molecule has 34 heavy (non-hydrogen) atoms. The SMILES string of the molecule is C[C@@]1(c2ccc3c(c2)OCCCO3)NC(=O)N(CC(=O)Nc2ccc3c(c2)OCCCO3)C1=O. The zero-order valence-electron chi connectivity index (χ0n) is 18.7. The van der Waals surface area contributed by atoms with Crippen LogP contribution in [0.5, 0.6) is 23.0 Å². The van der Waals surface area contributed by atoms with Crippen molar-refractivity contribution in [3.05, 3.63) is 42.0 Å². The number of urea groups is 1. The summed E-state index contributed by atoms with van der Waals surface area (Å²) in [5, 5.41) is 5.42. The van der Waals surface area contributed by atoms with Crippen molar-refractivity contribution in [3.63, 3.8) is 0 Å². The van der Waals surface area contributed by atoms with E-state index in [0.717, 1.165) is 17.7 Å². The van der Waals surface area contributed by atoms with Crippen LogP contribution in [0.15, 0.2) is 36.4 Å². The summed E-state index contributed by atoms with van der Waals surface area (Å²) < 4.78 is 22.6. The molecule has 0 unspecified atom stereocenters. The van der Waals surface area contributed by atoms with Crippen molar-refractivity contribution < 1.29 is 33.3 Å². The number of hydrogen-bond acceptors (Lipinski definition) is 7. The standard InChI is InChI=1S/C24H25N3O7/c1-24(15-4-6-17-19(12-15)33-10-2-8-31-17)22(29)27(23(30)26-24)14-21(28)25-16-5-7-18-20(13-16)34-11-3-9-32-18/h4-7,12-13H,2-3,8-11,14H2,1H3,(H,25,28)(H,26,30)/t24-/m0/s1. The summed E-state index contributed by atoms with van der Waals surface area (Å²) in [5.41, 5.74) is -0.315. The van der Waals surface area contributed by atoms with Crippen LogP contribution >= 0.6 is 0 Å². The molecule has 0 aliphatic carbocycles. The summed E-state index contributed by atoms with van der Waals surface area (Å²) in [7, 11) is 0. The number of hydrogen-bond donors (Lipinski definition) is 2. The molecule has 3 heterocycles. The van der Waals surface area contributed by atoms with E-state index in [1.807, 2.05) is 0 Å². The second kappa shape index (κ2) is 8.77. The normalized spacial score (nSPS) is 21.4. The van der Waals surface area contributed by atoms with Crippen molar-refractivity contribution in [1.29, 1.82) is 0 Å². The summed E-state index contributed by atoms with van der Waals surface area (Å²) in [5.74, 6) is 1.21. The number of imide groups is 1. The molecule has 1 atom stereocenters. The van der Waals surface area contributed by atoms with Gasteiger partial charge < -0.3 is 29.6 Å². The van der Waals surface area contributed by atoms with Gasteiger partial charge in [-0.25, -0.2) is 4.79 Å². The van der Waals surface area contributed by atoms with Gasteiger partial charge in [0.15, 0.2) is 23.0 Å². The molecule has 5 rings (SSSR count). The third-order valence-electron chi connectivity index (χ3n) is 5.93. The minimum Gasteiger partial charge on any atom is -0.490 e. The van der Waals surface area contributed by atoms with Crippen molar-refractivity contribution in [2.45, 2.75) is 25.3 Å². The van der Waals surface area contributed by atoms with Gasteiger partial charge in [-0.3, -0.25) is 14.5 Å². The van der Waals surface area contributed by atoms with Crippen LogP contribution < -0.4 is 29.6 Å². The molecule has 3 aliphatic rings. The molecule has 0 saturated carbocycles. The molecule has 1 fully saturated rings. The minimum atomic E-state index is -1.34. The van der Waals surface area contributed by atoms with Gasteiger partial charge >= 0.3 is 6.03 Å². The first-order chi connectivity index (χ1) is 16.4. The maximum atomic E-state index is 13.2. The van der Waals surface area contributed by atoms with Crippen molar-refractivity contribution in [3.8, 4) is 23.0 Å². The molecule has 0 bridgehead atoms. The molecule has 2 aromatic carbocycles. The molecule has 10 heteroatoms. The molecular weight excluding hydrogens is 442 g/mol. The number of anilines is 1. The van der Waals surface area contributed by atoms with Crippen LogP contribution in [0, 0.1) is 0 Å². The van der Waals surface area contributed by atoms with Gasteiger partial charge in [0.1, 0.15) is 12.1 Å². The van der Waals surface area contributed by atoms with Crippen molar-refractivity contribution in [2.75, 3.05) is 38.3 Å². The number of nitrogens with zero attached hydrogens (tertiary/aromatic N) is 1. The average molecular weight is 467 g/mol. The fourth-order valence-electron chi connectivity index (χ4n) is 4.10. The van der Waals surface area contributed by atoms with E-state index in [1.54, 1.807) is 43.3 Å². The van der Waals surface area contributed by atoms with Gasteiger partial charge in [0.25, 0.3) is 5.91 Å². The van der Waals surface area contributed by atoms with E-state index >= 15 is 0 Å². The monoisotopic (exact) mass is 467 g/mol. The van der Waals surface area contributed by atoms with Gasteiger partial charge in [0.2, 0.25) is 5.91 Å². The molecule has 0 radical (unpaired) electrons. The Morgan fingerprint density at radius 2 is 1.50 bits per heavy atom. The van der Waals surface area contributed by atoms with E-state index < -0.39 is 29.9 Å². The number of carbonyl (C=O) groups excluding carboxylic acids is 3. The van der Waals surface area contributed by atoms with Crippen LogP contribution in [0.2, 0.25) is 0 Å². The molecule has 10 nitrogen and oxygen atoms in total. The highest BCUT2D eigenvalue weighted by atomic mass is 16.5. The van der Waals surface area contributed by atoms with Gasteiger partial charge in [-0.15, -0.1) is 0 Å². The van der Waals surface area contributed by atoms with Gasteiger partial charge in [-0.2, -0.15) is 0 Å². The number of ether oxygens (including phenoxy) is 4. The molecular formula is C24H25N3O7. The molecule has 4 amide bonds. The van der Waals surface area contributed by atoms with Gasteiger partial charge in [-0.05, 0) is 36.8 Å². The predicted octanol–water partition coefficient (Wildman–Crippen LogP) is 2.41. The number of nitrogens with one attached hydrogen (secondary N) is 2. The maximum Gasteiger partial charge on any atom is 0.325 e. The minimum absolute atomic E-state index is 0.431. The number of amides is 4. The number of rotatable bonds is 4. The highest BCUT2D eigenvalue weighted by molar-refractivity contribution is 6.10. The zero-order chi connectivity index (χ0) is 23.7. The Bertz CT molecular complexity index is 1150. The topological polar surface area (TPSA) is 115 Å². The Hall–Kier alpha value is -3.95. The van der Waals surface area contributed by atoms with E-state index in [0.29, 0.717) is 60.7 Å². The molecule has 3 aliphatic heterocycles. The van der Waals surface area contributed by atoms with Crippen molar-refractivity contribution in [1.82, 2.24) is 10.2 Å². The summed E-state index contributed by atoms with van der Waals surface area (Å²) in [6.07, 6.45) is 1.52. The van der Waals surface area contributed by atoms with Crippen LogP contribution in [0.25, 0.3) is 0 Å². The van der Waals surface area contributed by atoms with Crippen molar-refractivity contribution >= 4 is 23.5 Å². The van der Waals surface area contributed by atoms with Crippen LogP contribution in [0.1, 0.15) is 25.3 Å². The lowest BCUT2D eigenvalue weighted by molar-refractivity contribution is -0.133. The van der Waals surface area contributed by atoms with Gasteiger partial charge in [0.05, 0.1) is 26.4 Å². The molecule has 2 aromatic rings. The highest BCUT2D eigenvalue weighted by Crippen LogP contribution is 2.37. The van der Waals surface area contributed by atoms with Crippen LogP contribution in [0.4, 0.5) is 10.5 Å². The third-order valence-corrected chi connectivity index (χ3v) is 5.93. The van der Waals surface area contributed by atoms with E-state index in [4.69, 9.17) is 18.9 Å². The van der Waals surface area contributed by atoms with E-state index in [1.165, 1.54) is 0 Å². The summed E-state index contributed by atoms with van der Waals surface area (Å²) in [4.78, 5) is 39.5. The molecule has 0 spiro atoms. The van der Waals surface area contributed by atoms with E-state index in [-0.39, 0.29) is 0 Å². The van der Waals surface area contributed by atoms with Crippen LogP contribution in [-0.4, -0.2) is 55.7 Å². The van der Waals surface area contributed by atoms with Gasteiger partial charge in [-0.1, -0.05) is 6.07 Å². The Kier molecular flexibility index (Phi) is 5.64. The van der Waals surface area contributed by atoms with Crippen molar-refractivity contribution in [2.24, 2.45) is 0 Å². The second-order valence-electron chi connectivity index (χ2n) is 8.42. The first-order valence-electron chi connectivity index (χ1n) is 11.2. The fourth-order valence-corrected chi connectivity index (χ4v) is 4.10. The number of fused-ring (bicyclic) bond motifs is 2. The first kappa shape index (κ1) is 21.9. The maximum absolute atomic E-state index is 13.2. The number of carbonyl (C=O) groups is 3. The average Bonchev–Trinajstić information content (AvgIpc) is 3.10. The Balaban J connectivity index is 1.29. The highest BCUT2D eigenvalue weighted by Gasteiger charge is 2.49. The molecule has 2 N–H and O–H groups in total. The van der Waals surface area contributed by atoms with Crippen LogP contribution in [0.3, 0.4) is 0 Å². The summed E-state index contributed by atoms with van der Waals surface area (Å²) in [6, 6.07) is 9.54. The Labute approximate surface area is 196 Å². The third kappa shape index (κ3) is 4.07. The lowest BCUT2D eigenvalue weighted by Gasteiger charge is -2.23. The second-order valence-corrected chi connectivity index (χ2v) is 8.42. The lowest BCUT2D eigenvalue weighted by atomic mass is 9.91. The largest absolute Gasteiger partial charge is 0.490 e. The molecule has 1 saturated heterocycles. The molecule has 178 valence electrons. The predicted molar refractivity (Wildman–Crippen MR) is 120 cm³/mol. The lowest BCUT2D eigenvalue weighted by Crippen LogP contribution is -2.42. The van der Waals surface area contributed by atoms with E-state index in [2.05, 4.69) is 10.6 Å². The Morgan fingerprint density at radius 1 is 0.912 bits per heavy atom. The first-order valence-corrected chi connectivity index (χ1v) is 11.2. The number of benzene rings is 2. The van der Waals surface area contributed by atoms with Gasteiger partial charge in [0, 0.05) is 24.6 Å². The fraction of sp³-hybridized carbons (Fsp3) is 0.375. The zero-order valence-corrected chi connectivity index (χ0v) is 18.7. The Morgan fingerprint density at radius 3 is 2.18 bits per heavy atom. The summed E-state index contributed by atoms with van der Waals surface area (Å²) in [6.45, 7) is 3.30. The molecule has 0 aromatic heterocycles. The quantitative estimate of drug-likeness (QED) is 0.664.